The predicted octanol–water partition coefficient (Wildman–Crippen LogP) is -6.84. The first-order valence-electron chi connectivity index (χ1n) is 10.9. The summed E-state index contributed by atoms with van der Waals surface area (Å²) >= 11 is 0. The van der Waals surface area contributed by atoms with E-state index in [1.54, 1.807) is 0 Å². The zero-order valence-corrected chi connectivity index (χ0v) is 21.2. The van der Waals surface area contributed by atoms with Crippen molar-refractivity contribution < 1.29 is 101 Å². The van der Waals surface area contributed by atoms with Crippen LogP contribution in [-0.2, 0) is 24.0 Å². The molecule has 0 aromatic heterocycles. The fourth-order valence-electron chi connectivity index (χ4n) is 1.16. The number of carboxylic acids is 4. The van der Waals surface area contributed by atoms with Gasteiger partial charge in [-0.2, -0.15) is 0 Å². The van der Waals surface area contributed by atoms with Gasteiger partial charge in [0.15, 0.2) is 6.29 Å². The van der Waals surface area contributed by atoms with E-state index in [9.17, 15) is 24.0 Å². The number of carboxylic acid groups (broad SMARTS) is 4. The highest BCUT2D eigenvalue weighted by Gasteiger charge is 2.29. The second-order valence-corrected chi connectivity index (χ2v) is 6.97. The Hall–Kier alpha value is -2.89. The SMILES string of the molecule is O=C(O)CCC(=O)O.O=C(O)CCC(=O)O.O=C[C@H](O)[C@@H](O)[C@H](O)[C@H](O)CO.OCC(O)CO.OCC(O)CO. The van der Waals surface area contributed by atoms with Gasteiger partial charge in [0.2, 0.25) is 0 Å². The Morgan fingerprint density at radius 1 is 0.475 bits per heavy atom. The molecule has 20 nitrogen and oxygen atoms in total. The summed E-state index contributed by atoms with van der Waals surface area (Å²) in [5.74, 6) is -4.31. The number of aliphatic carboxylic acids is 4. The summed E-state index contributed by atoms with van der Waals surface area (Å²) in [7, 11) is 0. The van der Waals surface area contributed by atoms with Crippen LogP contribution < -0.4 is 0 Å². The van der Waals surface area contributed by atoms with Crippen LogP contribution in [0, 0.1) is 0 Å². The second kappa shape index (κ2) is 32.3. The van der Waals surface area contributed by atoms with Crippen molar-refractivity contribution in [2.75, 3.05) is 33.0 Å². The normalized spacial score (nSPS) is 12.7. The van der Waals surface area contributed by atoms with Gasteiger partial charge in [-0.1, -0.05) is 0 Å². The average Bonchev–Trinajstić information content (AvgIpc) is 2.93. The standard InChI is InChI=1S/C6H12O6.2C4H6O4.2C3H8O3/c7-1-3(9)5(11)6(12)4(10)2-8;2*5-3(6)1-2-4(7)8;2*4-1-3(6)2-5/h1,3-6,8-12H,2H2;2*1-2H2,(H,5,6)(H,7,8);2*3-6H,1-2H2/t3-,4+,5+,6+;;;;/m0..../s1. The largest absolute Gasteiger partial charge is 0.481 e. The minimum absolute atomic E-state index is 0.0258. The number of aliphatic hydroxyl groups excluding tert-OH is 11. The number of rotatable bonds is 15. The van der Waals surface area contributed by atoms with Crippen LogP contribution in [0.2, 0.25) is 0 Å². The maximum absolute atomic E-state index is 9.90. The van der Waals surface area contributed by atoms with Crippen molar-refractivity contribution in [3.63, 3.8) is 0 Å². The van der Waals surface area contributed by atoms with E-state index in [1.165, 1.54) is 0 Å². The molecule has 0 radical (unpaired) electrons. The molecule has 0 bridgehead atoms. The van der Waals surface area contributed by atoms with E-state index in [0.29, 0.717) is 0 Å². The lowest BCUT2D eigenvalue weighted by Gasteiger charge is -2.22. The van der Waals surface area contributed by atoms with Gasteiger partial charge in [-0.05, 0) is 0 Å². The molecule has 240 valence electrons. The Kier molecular flexibility index (Phi) is 37.9. The van der Waals surface area contributed by atoms with E-state index in [1.807, 2.05) is 0 Å². The van der Waals surface area contributed by atoms with Crippen LogP contribution in [0.1, 0.15) is 25.7 Å². The van der Waals surface area contributed by atoms with Gasteiger partial charge < -0.3 is 81.4 Å². The Morgan fingerprint density at radius 2 is 0.725 bits per heavy atom. The summed E-state index contributed by atoms with van der Waals surface area (Å²) in [4.78, 5) is 48.5. The highest BCUT2D eigenvalue weighted by Crippen LogP contribution is 2.03. The molecule has 0 unspecified atom stereocenters. The van der Waals surface area contributed by atoms with Crippen molar-refractivity contribution in [3.8, 4) is 0 Å². The molecule has 4 atom stereocenters. The van der Waals surface area contributed by atoms with Crippen molar-refractivity contribution in [3.05, 3.63) is 0 Å². The average molecular weight is 601 g/mol. The lowest BCUT2D eigenvalue weighted by Crippen LogP contribution is -2.46. The predicted molar refractivity (Wildman–Crippen MR) is 127 cm³/mol. The number of carbonyl (C=O) groups excluding carboxylic acids is 1. The number of hydrogen-bond donors (Lipinski definition) is 15. The van der Waals surface area contributed by atoms with Crippen molar-refractivity contribution >= 4 is 30.2 Å². The third-order valence-electron chi connectivity index (χ3n) is 3.37. The van der Waals surface area contributed by atoms with Crippen LogP contribution in [0.5, 0.6) is 0 Å². The molecule has 0 aromatic carbocycles. The quantitative estimate of drug-likeness (QED) is 0.0776. The molecule has 0 rings (SSSR count). The third-order valence-corrected chi connectivity index (χ3v) is 3.37. The molecule has 15 N–H and O–H groups in total. The maximum atomic E-state index is 9.90. The maximum Gasteiger partial charge on any atom is 0.303 e. The summed E-state index contributed by atoms with van der Waals surface area (Å²) in [5, 5.41) is 123. The molecule has 0 fully saturated rings. The molecular formula is C20H40O20. The number of aldehydes is 1. The van der Waals surface area contributed by atoms with Gasteiger partial charge in [-0.25, -0.2) is 0 Å². The Bertz CT molecular complexity index is 570. The summed E-state index contributed by atoms with van der Waals surface area (Å²) in [6, 6.07) is 0. The molecule has 0 aliphatic carbocycles. The third kappa shape index (κ3) is 42.2. The number of hydrogen-bond acceptors (Lipinski definition) is 16. The van der Waals surface area contributed by atoms with Gasteiger partial charge in [0.05, 0.1) is 58.7 Å². The fraction of sp³-hybridized carbons (Fsp3) is 0.750. The first-order valence-corrected chi connectivity index (χ1v) is 10.9. The van der Waals surface area contributed by atoms with Crippen LogP contribution in [-0.4, -0.2) is 176 Å². The number of carbonyl (C=O) groups is 5. The monoisotopic (exact) mass is 600 g/mol. The highest BCUT2D eigenvalue weighted by molar-refractivity contribution is 5.75. The van der Waals surface area contributed by atoms with Crippen LogP contribution in [0.25, 0.3) is 0 Å². The zero-order valence-electron chi connectivity index (χ0n) is 21.2. The first kappa shape index (κ1) is 46.9. The van der Waals surface area contributed by atoms with Gasteiger partial charge in [0, 0.05) is 0 Å². The zero-order chi connectivity index (χ0) is 32.8. The topological polar surface area (TPSA) is 389 Å². The molecule has 0 amide bonds. The summed E-state index contributed by atoms with van der Waals surface area (Å²) in [5.41, 5.74) is 0. The van der Waals surface area contributed by atoms with Crippen LogP contribution in [0.15, 0.2) is 0 Å². The van der Waals surface area contributed by atoms with Crippen molar-refractivity contribution in [1.82, 2.24) is 0 Å². The van der Waals surface area contributed by atoms with E-state index in [-0.39, 0.29) is 58.4 Å². The highest BCUT2D eigenvalue weighted by atomic mass is 16.4. The van der Waals surface area contributed by atoms with Crippen molar-refractivity contribution in [2.24, 2.45) is 0 Å². The van der Waals surface area contributed by atoms with Crippen LogP contribution in [0.4, 0.5) is 0 Å². The Labute approximate surface area is 226 Å². The molecule has 0 saturated carbocycles. The summed E-state index contributed by atoms with van der Waals surface area (Å²) < 4.78 is 0. The molecule has 20 heteroatoms. The summed E-state index contributed by atoms with van der Waals surface area (Å²) in [6.45, 7) is -2.22. The molecule has 0 aliphatic heterocycles. The minimum Gasteiger partial charge on any atom is -0.481 e. The van der Waals surface area contributed by atoms with Gasteiger partial charge in [-0.15, -0.1) is 0 Å². The van der Waals surface area contributed by atoms with Gasteiger partial charge in [-0.3, -0.25) is 19.2 Å². The van der Waals surface area contributed by atoms with Crippen LogP contribution in [0.3, 0.4) is 0 Å². The van der Waals surface area contributed by atoms with Crippen molar-refractivity contribution in [2.45, 2.75) is 62.3 Å². The van der Waals surface area contributed by atoms with E-state index in [0.717, 1.165) is 0 Å². The smallest absolute Gasteiger partial charge is 0.303 e. The molecule has 0 aliphatic rings. The molecular weight excluding hydrogens is 560 g/mol. The lowest BCUT2D eigenvalue weighted by atomic mass is 10.0. The summed E-state index contributed by atoms with van der Waals surface area (Å²) in [6.07, 6.45) is -9.93. The van der Waals surface area contributed by atoms with Gasteiger partial charge in [0.25, 0.3) is 0 Å². The minimum atomic E-state index is -1.79. The molecule has 40 heavy (non-hydrogen) atoms. The Balaban J connectivity index is -0.000000131. The van der Waals surface area contributed by atoms with Crippen molar-refractivity contribution in [1.29, 1.82) is 0 Å². The second-order valence-electron chi connectivity index (χ2n) is 6.97. The van der Waals surface area contributed by atoms with Crippen LogP contribution >= 0.6 is 0 Å². The lowest BCUT2D eigenvalue weighted by molar-refractivity contribution is -0.143. The molecule has 0 saturated heterocycles. The van der Waals surface area contributed by atoms with E-state index < -0.39 is 67.1 Å². The molecule has 0 spiro atoms. The van der Waals surface area contributed by atoms with E-state index in [2.05, 4.69) is 0 Å². The fourth-order valence-corrected chi connectivity index (χ4v) is 1.16. The first-order chi connectivity index (χ1) is 18.4. The Morgan fingerprint density at radius 3 is 0.850 bits per heavy atom. The van der Waals surface area contributed by atoms with Gasteiger partial charge in [0.1, 0.15) is 36.6 Å². The van der Waals surface area contributed by atoms with Gasteiger partial charge >= 0.3 is 23.9 Å². The van der Waals surface area contributed by atoms with E-state index >= 15 is 0 Å². The molecule has 0 aromatic rings. The van der Waals surface area contributed by atoms with E-state index in [4.69, 9.17) is 76.6 Å². The molecule has 0 heterocycles. The number of aliphatic hydroxyl groups is 11.